The van der Waals surface area contributed by atoms with Crippen LogP contribution in [0.2, 0.25) is 0 Å². The zero-order valence-electron chi connectivity index (χ0n) is 23.8. The molecule has 0 aromatic rings. The molecule has 5 aliphatic carbocycles. The van der Waals surface area contributed by atoms with E-state index in [4.69, 9.17) is 4.84 Å². The first kappa shape index (κ1) is 26.1. The molecular weight excluding hydrogens is 450 g/mol. The number of Topliss-reactive ketones (excluding diaryl/α,β-unsaturated/α-hetero) is 1. The summed E-state index contributed by atoms with van der Waals surface area (Å²) in [6.45, 7) is 15.9. The van der Waals surface area contributed by atoms with Gasteiger partial charge in [-0.3, -0.25) is 19.2 Å². The molecule has 0 spiro atoms. The molecule has 5 nitrogen and oxygen atoms in total. The first-order chi connectivity index (χ1) is 16.6. The van der Waals surface area contributed by atoms with E-state index in [-0.39, 0.29) is 56.5 Å². The molecule has 4 saturated carbocycles. The van der Waals surface area contributed by atoms with Gasteiger partial charge in [0.2, 0.25) is 5.91 Å². The van der Waals surface area contributed by atoms with Crippen molar-refractivity contribution >= 4 is 17.5 Å². The average molecular weight is 498 g/mol. The number of fused-ring (bicyclic) bond motifs is 7. The number of hydrogen-bond donors (Lipinski definition) is 1. The molecule has 0 aromatic heterocycles. The molecule has 0 bridgehead atoms. The summed E-state index contributed by atoms with van der Waals surface area (Å²) in [6, 6.07) is 0. The van der Waals surface area contributed by atoms with Gasteiger partial charge in [-0.2, -0.15) is 0 Å². The van der Waals surface area contributed by atoms with Gasteiger partial charge >= 0.3 is 0 Å². The molecule has 5 heteroatoms. The van der Waals surface area contributed by atoms with Crippen molar-refractivity contribution in [2.75, 3.05) is 7.11 Å². The Balaban J connectivity index is 1.59. The molecule has 5 aliphatic rings. The van der Waals surface area contributed by atoms with Gasteiger partial charge in [0.15, 0.2) is 5.78 Å². The number of hydrogen-bond acceptors (Lipinski definition) is 4. The monoisotopic (exact) mass is 497 g/mol. The second-order valence-electron chi connectivity index (χ2n) is 15.0. The molecule has 8 atom stereocenters. The molecule has 1 N–H and O–H groups in total. The van der Waals surface area contributed by atoms with Crippen molar-refractivity contribution in [3.63, 3.8) is 0 Å². The molecule has 0 aliphatic heterocycles. The van der Waals surface area contributed by atoms with Gasteiger partial charge in [-0.1, -0.05) is 54.0 Å². The van der Waals surface area contributed by atoms with E-state index in [1.165, 1.54) is 12.7 Å². The zero-order chi connectivity index (χ0) is 26.5. The summed E-state index contributed by atoms with van der Waals surface area (Å²) in [5.74, 6) is 1.00. The van der Waals surface area contributed by atoms with Gasteiger partial charge in [0.05, 0.1) is 7.11 Å². The Hall–Kier alpha value is -1.49. The second kappa shape index (κ2) is 7.77. The molecule has 1 unspecified atom stereocenters. The van der Waals surface area contributed by atoms with Crippen LogP contribution in [0.25, 0.3) is 0 Å². The van der Waals surface area contributed by atoms with Crippen LogP contribution < -0.4 is 5.48 Å². The van der Waals surface area contributed by atoms with Crippen LogP contribution in [0.15, 0.2) is 11.6 Å². The van der Waals surface area contributed by atoms with Crippen molar-refractivity contribution in [2.45, 2.75) is 106 Å². The van der Waals surface area contributed by atoms with Crippen molar-refractivity contribution in [1.82, 2.24) is 5.48 Å². The number of amides is 1. The molecular formula is C31H47NO4. The summed E-state index contributed by atoms with van der Waals surface area (Å²) in [5, 5.41) is 0. The summed E-state index contributed by atoms with van der Waals surface area (Å²) in [7, 11) is 1.49. The topological polar surface area (TPSA) is 72.5 Å². The van der Waals surface area contributed by atoms with Gasteiger partial charge in [-0.05, 0) is 90.9 Å². The molecule has 36 heavy (non-hydrogen) atoms. The summed E-state index contributed by atoms with van der Waals surface area (Å²) < 4.78 is 0. The SMILES string of the molecule is CONC(=O)[C@@]1(C)CC[C@]2(C)CC[C@]3(C)C(=CC(=O)[C@@H]4[C@@]5(C)CCC(=O)C(C)(C)C5CC[C@]43C)[C@@H]2C1. The fourth-order valence-corrected chi connectivity index (χ4v) is 10.4. The lowest BCUT2D eigenvalue weighted by molar-refractivity contribution is -0.188. The van der Waals surface area contributed by atoms with Crippen LogP contribution in [0.3, 0.4) is 0 Å². The second-order valence-corrected chi connectivity index (χ2v) is 15.0. The average Bonchev–Trinajstić information content (AvgIpc) is 2.79. The Kier molecular flexibility index (Phi) is 5.64. The Bertz CT molecular complexity index is 1050. The van der Waals surface area contributed by atoms with E-state index < -0.39 is 5.41 Å². The first-order valence-corrected chi connectivity index (χ1v) is 14.2. The third kappa shape index (κ3) is 3.13. The fourth-order valence-electron chi connectivity index (χ4n) is 10.4. The highest BCUT2D eigenvalue weighted by Crippen LogP contribution is 2.74. The minimum atomic E-state index is -0.503. The molecule has 1 amide bonds. The highest BCUT2D eigenvalue weighted by atomic mass is 16.6. The first-order valence-electron chi connectivity index (χ1n) is 14.2. The molecule has 5 rings (SSSR count). The highest BCUT2D eigenvalue weighted by Gasteiger charge is 2.70. The van der Waals surface area contributed by atoms with E-state index in [1.807, 2.05) is 6.08 Å². The predicted molar refractivity (Wildman–Crippen MR) is 140 cm³/mol. The van der Waals surface area contributed by atoms with E-state index in [0.29, 0.717) is 12.2 Å². The van der Waals surface area contributed by atoms with Crippen LogP contribution >= 0.6 is 0 Å². The van der Waals surface area contributed by atoms with Gasteiger partial charge in [-0.25, -0.2) is 5.48 Å². The molecule has 0 saturated heterocycles. The number of carbonyl (C=O) groups is 3. The number of carbonyl (C=O) groups excluding carboxylic acids is 3. The van der Waals surface area contributed by atoms with Crippen LogP contribution in [0.4, 0.5) is 0 Å². The zero-order valence-corrected chi connectivity index (χ0v) is 23.8. The van der Waals surface area contributed by atoms with Crippen molar-refractivity contribution in [3.05, 3.63) is 11.6 Å². The number of allylic oxidation sites excluding steroid dienone is 2. The number of rotatable bonds is 2. The van der Waals surface area contributed by atoms with Crippen LogP contribution in [-0.2, 0) is 19.2 Å². The molecule has 0 aromatic carbocycles. The maximum absolute atomic E-state index is 14.3. The molecule has 0 radical (unpaired) electrons. The summed E-state index contributed by atoms with van der Waals surface area (Å²) in [6.07, 6.45) is 10.3. The smallest absolute Gasteiger partial charge is 0.249 e. The highest BCUT2D eigenvalue weighted by molar-refractivity contribution is 5.96. The van der Waals surface area contributed by atoms with Crippen LogP contribution in [0.5, 0.6) is 0 Å². The Labute approximate surface area is 217 Å². The standard InChI is InChI=1S/C31H47NO4/c1-26(2)22-9-12-31(7)24(29(22,5)11-10-23(26)34)21(33)17-19-20-18-28(4,25(35)32-36-8)14-13-27(20,3)15-16-30(19,31)6/h17,20,22,24H,9-16,18H2,1-8H3,(H,32,35)/t20-,22?,24+,27+,28-,29-,30+,31+/m0/s1. The summed E-state index contributed by atoms with van der Waals surface area (Å²) in [5.41, 5.74) is 2.77. The summed E-state index contributed by atoms with van der Waals surface area (Å²) >= 11 is 0. The van der Waals surface area contributed by atoms with Gasteiger partial charge in [0.1, 0.15) is 5.78 Å². The van der Waals surface area contributed by atoms with Crippen molar-refractivity contribution in [1.29, 1.82) is 0 Å². The van der Waals surface area contributed by atoms with E-state index >= 15 is 0 Å². The Morgan fingerprint density at radius 3 is 2.28 bits per heavy atom. The van der Waals surface area contributed by atoms with Gasteiger partial charge in [0.25, 0.3) is 0 Å². The van der Waals surface area contributed by atoms with E-state index in [1.54, 1.807) is 0 Å². The van der Waals surface area contributed by atoms with E-state index in [9.17, 15) is 14.4 Å². The lowest BCUT2D eigenvalue weighted by Gasteiger charge is -2.69. The Morgan fingerprint density at radius 1 is 0.944 bits per heavy atom. The predicted octanol–water partition coefficient (Wildman–Crippen LogP) is 6.21. The number of nitrogens with one attached hydrogen (secondary N) is 1. The third-order valence-electron chi connectivity index (χ3n) is 13.1. The minimum Gasteiger partial charge on any atom is -0.299 e. The van der Waals surface area contributed by atoms with Gasteiger partial charge in [0, 0.05) is 23.2 Å². The largest absolute Gasteiger partial charge is 0.299 e. The molecule has 0 heterocycles. The van der Waals surface area contributed by atoms with Crippen molar-refractivity contribution < 1.29 is 19.2 Å². The lowest BCUT2D eigenvalue weighted by atomic mass is 9.33. The van der Waals surface area contributed by atoms with E-state index in [2.05, 4.69) is 53.9 Å². The maximum atomic E-state index is 14.3. The quantitative estimate of drug-likeness (QED) is 0.460. The fraction of sp³-hybridized carbons (Fsp3) is 0.839. The van der Waals surface area contributed by atoms with Crippen LogP contribution in [-0.4, -0.2) is 24.6 Å². The van der Waals surface area contributed by atoms with Gasteiger partial charge in [-0.15, -0.1) is 0 Å². The maximum Gasteiger partial charge on any atom is 0.249 e. The van der Waals surface area contributed by atoms with Crippen LogP contribution in [0.1, 0.15) is 106 Å². The van der Waals surface area contributed by atoms with E-state index in [0.717, 1.165) is 51.4 Å². The summed E-state index contributed by atoms with van der Waals surface area (Å²) in [4.78, 5) is 45.3. The van der Waals surface area contributed by atoms with Gasteiger partial charge < -0.3 is 0 Å². The normalized spacial score (nSPS) is 49.7. The van der Waals surface area contributed by atoms with Crippen molar-refractivity contribution in [3.8, 4) is 0 Å². The molecule has 200 valence electrons. The number of ketones is 2. The number of hydroxylamine groups is 1. The van der Waals surface area contributed by atoms with Crippen LogP contribution in [0, 0.1) is 50.2 Å². The third-order valence-corrected chi connectivity index (χ3v) is 13.1. The Morgan fingerprint density at radius 2 is 1.61 bits per heavy atom. The lowest BCUT2D eigenvalue weighted by Crippen LogP contribution is -2.66. The molecule has 4 fully saturated rings. The van der Waals surface area contributed by atoms with Crippen molar-refractivity contribution in [2.24, 2.45) is 50.2 Å². The minimum absolute atomic E-state index is 0.0479.